The zero-order valence-corrected chi connectivity index (χ0v) is 11.5. The summed E-state index contributed by atoms with van der Waals surface area (Å²) in [5, 5.41) is 4.34. The minimum atomic E-state index is -0.439. The largest absolute Gasteiger partial charge is 0.480 e. The summed E-state index contributed by atoms with van der Waals surface area (Å²) in [5.74, 6) is 0.428. The Morgan fingerprint density at radius 1 is 1.14 bits per heavy atom. The van der Waals surface area contributed by atoms with Crippen LogP contribution in [0.15, 0.2) is 55.1 Å². The first-order valence-electron chi connectivity index (χ1n) is 6.50. The molecule has 3 aromatic rings. The first kappa shape index (κ1) is 13.3. The van der Waals surface area contributed by atoms with Crippen LogP contribution in [0.25, 0.3) is 5.69 Å². The third kappa shape index (κ3) is 2.61. The average Bonchev–Trinajstić information content (AvgIpc) is 3.05. The van der Waals surface area contributed by atoms with Gasteiger partial charge in [-0.05, 0) is 12.1 Å². The fourth-order valence-corrected chi connectivity index (χ4v) is 2.08. The van der Waals surface area contributed by atoms with Crippen molar-refractivity contribution < 1.29 is 4.74 Å². The first-order chi connectivity index (χ1) is 10.3. The van der Waals surface area contributed by atoms with Gasteiger partial charge in [0.05, 0.1) is 25.0 Å². The van der Waals surface area contributed by atoms with Crippen LogP contribution in [-0.2, 0) is 0 Å². The lowest BCUT2D eigenvalue weighted by atomic mass is 10.1. The molecule has 0 fully saturated rings. The number of nitrogens with zero attached hydrogens (tertiary/aromatic N) is 4. The van der Waals surface area contributed by atoms with Gasteiger partial charge in [0, 0.05) is 24.2 Å². The molecule has 2 heterocycles. The second-order valence-corrected chi connectivity index (χ2v) is 4.48. The Morgan fingerprint density at radius 2 is 1.90 bits per heavy atom. The van der Waals surface area contributed by atoms with E-state index in [0.29, 0.717) is 11.6 Å². The van der Waals surface area contributed by atoms with E-state index in [4.69, 9.17) is 10.5 Å². The molecule has 2 N–H and O–H groups in total. The summed E-state index contributed by atoms with van der Waals surface area (Å²) in [6.45, 7) is 0. The van der Waals surface area contributed by atoms with Gasteiger partial charge in [-0.15, -0.1) is 0 Å². The summed E-state index contributed by atoms with van der Waals surface area (Å²) >= 11 is 0. The molecule has 6 nitrogen and oxygen atoms in total. The van der Waals surface area contributed by atoms with Crippen molar-refractivity contribution in [2.45, 2.75) is 6.04 Å². The zero-order chi connectivity index (χ0) is 14.7. The lowest BCUT2D eigenvalue weighted by molar-refractivity contribution is 0.387. The zero-order valence-electron chi connectivity index (χ0n) is 11.5. The van der Waals surface area contributed by atoms with Crippen LogP contribution in [0.2, 0.25) is 0 Å². The van der Waals surface area contributed by atoms with Crippen LogP contribution >= 0.6 is 0 Å². The SMILES string of the molecule is COc1nccnc1C(N)c1cnn(-c2ccccc2)c1. The molecule has 0 spiro atoms. The predicted molar refractivity (Wildman–Crippen MR) is 78.2 cm³/mol. The van der Waals surface area contributed by atoms with E-state index in [0.717, 1.165) is 11.3 Å². The number of nitrogens with two attached hydrogens (primary N) is 1. The highest BCUT2D eigenvalue weighted by Crippen LogP contribution is 2.24. The van der Waals surface area contributed by atoms with Crippen LogP contribution in [0.4, 0.5) is 0 Å². The number of hydrogen-bond acceptors (Lipinski definition) is 5. The van der Waals surface area contributed by atoms with E-state index in [-0.39, 0.29) is 0 Å². The summed E-state index contributed by atoms with van der Waals surface area (Å²) in [4.78, 5) is 8.38. The molecule has 3 rings (SSSR count). The van der Waals surface area contributed by atoms with Gasteiger partial charge in [0.15, 0.2) is 0 Å². The van der Waals surface area contributed by atoms with E-state index < -0.39 is 6.04 Å². The van der Waals surface area contributed by atoms with Crippen molar-refractivity contribution in [2.24, 2.45) is 5.73 Å². The maximum absolute atomic E-state index is 6.25. The Labute approximate surface area is 122 Å². The quantitative estimate of drug-likeness (QED) is 0.787. The molecule has 1 unspecified atom stereocenters. The maximum Gasteiger partial charge on any atom is 0.237 e. The van der Waals surface area contributed by atoms with E-state index in [2.05, 4.69) is 15.1 Å². The Bertz CT molecular complexity index is 726. The van der Waals surface area contributed by atoms with Crippen LogP contribution < -0.4 is 10.5 Å². The van der Waals surface area contributed by atoms with Crippen LogP contribution in [-0.4, -0.2) is 26.9 Å². The normalized spacial score (nSPS) is 12.1. The summed E-state index contributed by atoms with van der Waals surface area (Å²) in [6, 6.07) is 9.40. The number of para-hydroxylation sites is 1. The lowest BCUT2D eigenvalue weighted by Crippen LogP contribution is -2.14. The van der Waals surface area contributed by atoms with E-state index in [1.54, 1.807) is 30.4 Å². The topological polar surface area (TPSA) is 78.8 Å². The predicted octanol–water partition coefficient (Wildman–Crippen LogP) is 1.72. The fraction of sp³-hybridized carbons (Fsp3) is 0.133. The van der Waals surface area contributed by atoms with E-state index >= 15 is 0 Å². The number of methoxy groups -OCH3 is 1. The van der Waals surface area contributed by atoms with Gasteiger partial charge in [-0.1, -0.05) is 18.2 Å². The van der Waals surface area contributed by atoms with Crippen molar-refractivity contribution in [2.75, 3.05) is 7.11 Å². The van der Waals surface area contributed by atoms with Gasteiger partial charge in [-0.3, -0.25) is 4.98 Å². The molecular weight excluding hydrogens is 266 g/mol. The van der Waals surface area contributed by atoms with Crippen molar-refractivity contribution in [3.05, 3.63) is 66.4 Å². The second kappa shape index (κ2) is 5.72. The molecule has 0 bridgehead atoms. The molecule has 0 radical (unpaired) electrons. The Hall–Kier alpha value is -2.73. The van der Waals surface area contributed by atoms with Gasteiger partial charge in [0.1, 0.15) is 5.69 Å². The van der Waals surface area contributed by atoms with E-state index in [1.165, 1.54) is 0 Å². The standard InChI is InChI=1S/C15H15N5O/c1-21-15-14(17-7-8-18-15)13(16)11-9-19-20(10-11)12-5-3-2-4-6-12/h2-10,13H,16H2,1H3. The molecule has 0 aliphatic heterocycles. The lowest BCUT2D eigenvalue weighted by Gasteiger charge is -2.11. The van der Waals surface area contributed by atoms with Crippen LogP contribution in [0.5, 0.6) is 5.88 Å². The van der Waals surface area contributed by atoms with E-state index in [9.17, 15) is 0 Å². The summed E-state index contributed by atoms with van der Waals surface area (Å²) in [5.41, 5.74) is 8.66. The van der Waals surface area contributed by atoms with Crippen LogP contribution in [0, 0.1) is 0 Å². The molecule has 0 saturated carbocycles. The third-order valence-electron chi connectivity index (χ3n) is 3.16. The highest BCUT2D eigenvalue weighted by Gasteiger charge is 2.18. The van der Waals surface area contributed by atoms with Gasteiger partial charge in [0.25, 0.3) is 0 Å². The van der Waals surface area contributed by atoms with Crippen LogP contribution in [0.3, 0.4) is 0 Å². The number of rotatable bonds is 4. The minimum Gasteiger partial charge on any atom is -0.480 e. The summed E-state index contributed by atoms with van der Waals surface area (Å²) < 4.78 is 6.97. The highest BCUT2D eigenvalue weighted by molar-refractivity contribution is 5.34. The number of ether oxygens (including phenoxy) is 1. The smallest absolute Gasteiger partial charge is 0.237 e. The minimum absolute atomic E-state index is 0.428. The Balaban J connectivity index is 1.93. The molecule has 21 heavy (non-hydrogen) atoms. The van der Waals surface area contributed by atoms with Gasteiger partial charge in [-0.2, -0.15) is 5.10 Å². The fourth-order valence-electron chi connectivity index (χ4n) is 2.08. The molecule has 1 aromatic carbocycles. The molecule has 0 aliphatic carbocycles. The van der Waals surface area contributed by atoms with Crippen molar-refractivity contribution >= 4 is 0 Å². The summed E-state index contributed by atoms with van der Waals surface area (Å²) in [6.07, 6.45) is 6.78. The molecule has 106 valence electrons. The summed E-state index contributed by atoms with van der Waals surface area (Å²) in [7, 11) is 1.55. The third-order valence-corrected chi connectivity index (χ3v) is 3.16. The Kier molecular flexibility index (Phi) is 3.61. The van der Waals surface area contributed by atoms with Gasteiger partial charge in [-0.25, -0.2) is 9.67 Å². The molecule has 0 amide bonds. The average molecular weight is 281 g/mol. The number of aromatic nitrogens is 4. The van der Waals surface area contributed by atoms with Gasteiger partial charge >= 0.3 is 0 Å². The van der Waals surface area contributed by atoms with Crippen molar-refractivity contribution in [3.8, 4) is 11.6 Å². The van der Waals surface area contributed by atoms with Crippen molar-refractivity contribution in [1.29, 1.82) is 0 Å². The number of hydrogen-bond donors (Lipinski definition) is 1. The van der Waals surface area contributed by atoms with Crippen LogP contribution in [0.1, 0.15) is 17.3 Å². The molecule has 0 saturated heterocycles. The molecule has 6 heteroatoms. The van der Waals surface area contributed by atoms with Crippen molar-refractivity contribution in [3.63, 3.8) is 0 Å². The maximum atomic E-state index is 6.25. The monoisotopic (exact) mass is 281 g/mol. The number of benzene rings is 1. The van der Waals surface area contributed by atoms with Gasteiger partial charge in [0.2, 0.25) is 5.88 Å². The molecule has 0 aliphatic rings. The van der Waals surface area contributed by atoms with Gasteiger partial charge < -0.3 is 10.5 Å². The Morgan fingerprint density at radius 3 is 2.67 bits per heavy atom. The first-order valence-corrected chi connectivity index (χ1v) is 6.50. The molecule has 2 aromatic heterocycles. The highest BCUT2D eigenvalue weighted by atomic mass is 16.5. The second-order valence-electron chi connectivity index (χ2n) is 4.48. The molecule has 1 atom stereocenters. The van der Waals surface area contributed by atoms with E-state index in [1.807, 2.05) is 36.5 Å². The van der Waals surface area contributed by atoms with Crippen molar-refractivity contribution in [1.82, 2.24) is 19.7 Å². The molecular formula is C15H15N5O.